The standard InChI is InChI=1S/C24H15BrCl2N2O3S/c1-31-20-9-13(8-16(25)22(20)32-12-14-6-7-15(26)11-17(14)27)10-21-23(30)29-19-5-3-2-4-18(19)28-24(29)33-21/h2-11H,12H2,1H3/b21-10-. The van der Waals surface area contributed by atoms with Crippen molar-refractivity contribution in [1.29, 1.82) is 0 Å². The van der Waals surface area contributed by atoms with Crippen molar-refractivity contribution in [1.82, 2.24) is 9.38 Å². The minimum Gasteiger partial charge on any atom is -0.493 e. The number of methoxy groups -OCH3 is 1. The average molecular weight is 562 g/mol. The number of rotatable bonds is 5. The Balaban J connectivity index is 1.51. The quantitative estimate of drug-likeness (QED) is 0.260. The summed E-state index contributed by atoms with van der Waals surface area (Å²) in [6.07, 6.45) is 1.82. The first-order valence-electron chi connectivity index (χ1n) is 9.80. The molecule has 2 aromatic heterocycles. The number of aromatic nitrogens is 2. The van der Waals surface area contributed by atoms with Gasteiger partial charge in [0.1, 0.15) is 6.61 Å². The Bertz CT molecular complexity index is 1630. The molecule has 9 heteroatoms. The second kappa shape index (κ2) is 8.99. The summed E-state index contributed by atoms with van der Waals surface area (Å²) < 4.78 is 14.5. The van der Waals surface area contributed by atoms with Gasteiger partial charge in [0.2, 0.25) is 0 Å². The molecule has 5 aromatic rings. The third kappa shape index (κ3) is 4.22. The van der Waals surface area contributed by atoms with Crippen LogP contribution in [0.5, 0.6) is 11.5 Å². The van der Waals surface area contributed by atoms with Crippen LogP contribution in [-0.2, 0) is 6.61 Å². The lowest BCUT2D eigenvalue weighted by Gasteiger charge is -2.14. The van der Waals surface area contributed by atoms with E-state index in [1.807, 2.05) is 48.5 Å². The van der Waals surface area contributed by atoms with E-state index < -0.39 is 0 Å². The maximum atomic E-state index is 13.0. The zero-order valence-corrected chi connectivity index (χ0v) is 21.1. The fraction of sp³-hybridized carbons (Fsp3) is 0.0833. The van der Waals surface area contributed by atoms with Crippen molar-refractivity contribution in [3.63, 3.8) is 0 Å². The van der Waals surface area contributed by atoms with Crippen molar-refractivity contribution in [2.45, 2.75) is 6.61 Å². The first kappa shape index (κ1) is 22.2. The molecular weight excluding hydrogens is 547 g/mol. The second-order valence-electron chi connectivity index (χ2n) is 7.19. The minimum atomic E-state index is -0.100. The molecule has 0 aliphatic heterocycles. The van der Waals surface area contributed by atoms with Crippen LogP contribution < -0.4 is 19.6 Å². The summed E-state index contributed by atoms with van der Waals surface area (Å²) in [5.41, 5.74) is 3.10. The molecule has 0 unspecified atom stereocenters. The Morgan fingerprint density at radius 2 is 1.97 bits per heavy atom. The number of thiazole rings is 1. The topological polar surface area (TPSA) is 52.8 Å². The summed E-state index contributed by atoms with van der Waals surface area (Å²) in [6, 6.07) is 16.6. The molecule has 0 N–H and O–H groups in total. The highest BCUT2D eigenvalue weighted by molar-refractivity contribution is 9.10. The molecule has 5 rings (SSSR count). The molecule has 0 saturated heterocycles. The van der Waals surface area contributed by atoms with Crippen molar-refractivity contribution in [2.24, 2.45) is 0 Å². The molecule has 0 radical (unpaired) electrons. The number of ether oxygens (including phenoxy) is 2. The summed E-state index contributed by atoms with van der Waals surface area (Å²) in [5.74, 6) is 1.06. The molecule has 3 aromatic carbocycles. The Labute approximate surface area is 210 Å². The fourth-order valence-corrected chi connectivity index (χ4v) is 5.54. The van der Waals surface area contributed by atoms with Crippen LogP contribution in [0.1, 0.15) is 11.1 Å². The lowest BCUT2D eigenvalue weighted by atomic mass is 10.2. The molecular formula is C24H15BrCl2N2O3S. The Hall–Kier alpha value is -2.58. The molecule has 166 valence electrons. The number of benzene rings is 3. The van der Waals surface area contributed by atoms with Gasteiger partial charge in [-0.15, -0.1) is 0 Å². The minimum absolute atomic E-state index is 0.100. The van der Waals surface area contributed by atoms with Gasteiger partial charge in [0.15, 0.2) is 16.5 Å². The first-order valence-corrected chi connectivity index (χ1v) is 12.2. The lowest BCUT2D eigenvalue weighted by Crippen LogP contribution is -2.22. The van der Waals surface area contributed by atoms with Crippen molar-refractivity contribution < 1.29 is 9.47 Å². The number of imidazole rings is 1. The van der Waals surface area contributed by atoms with E-state index in [0.717, 1.165) is 22.2 Å². The van der Waals surface area contributed by atoms with Crippen molar-refractivity contribution >= 4 is 72.5 Å². The van der Waals surface area contributed by atoms with Gasteiger partial charge in [0, 0.05) is 15.6 Å². The predicted octanol–water partition coefficient (Wildman–Crippen LogP) is 6.11. The van der Waals surface area contributed by atoms with Crippen LogP contribution in [0, 0.1) is 0 Å². The van der Waals surface area contributed by atoms with Crippen LogP contribution in [-0.4, -0.2) is 16.5 Å². The number of fused-ring (bicyclic) bond motifs is 3. The van der Waals surface area contributed by atoms with Crippen LogP contribution in [0.2, 0.25) is 10.0 Å². The van der Waals surface area contributed by atoms with E-state index in [4.69, 9.17) is 32.7 Å². The number of hydrogen-bond donors (Lipinski definition) is 0. The SMILES string of the molecule is COc1cc(/C=c2\sc3nc4ccccc4n3c2=O)cc(Br)c1OCc1ccc(Cl)cc1Cl. The summed E-state index contributed by atoms with van der Waals surface area (Å²) >= 11 is 17.1. The summed E-state index contributed by atoms with van der Waals surface area (Å²) in [7, 11) is 1.57. The average Bonchev–Trinajstić information content (AvgIpc) is 3.30. The Morgan fingerprint density at radius 3 is 2.76 bits per heavy atom. The fourth-order valence-electron chi connectivity index (χ4n) is 3.52. The molecule has 0 amide bonds. The van der Waals surface area contributed by atoms with Crippen LogP contribution in [0.3, 0.4) is 0 Å². The molecule has 0 aliphatic carbocycles. The van der Waals surface area contributed by atoms with E-state index in [2.05, 4.69) is 20.9 Å². The molecule has 0 aliphatic rings. The molecule has 0 atom stereocenters. The van der Waals surface area contributed by atoms with Crippen molar-refractivity contribution in [3.05, 3.63) is 95.1 Å². The maximum Gasteiger partial charge on any atom is 0.274 e. The zero-order valence-electron chi connectivity index (χ0n) is 17.1. The zero-order chi connectivity index (χ0) is 23.1. The van der Waals surface area contributed by atoms with Gasteiger partial charge in [0.25, 0.3) is 5.56 Å². The highest BCUT2D eigenvalue weighted by Crippen LogP contribution is 2.38. The molecule has 2 heterocycles. The molecule has 0 bridgehead atoms. The van der Waals surface area contributed by atoms with E-state index in [-0.39, 0.29) is 12.2 Å². The molecule has 0 fully saturated rings. The largest absolute Gasteiger partial charge is 0.493 e. The number of nitrogens with zero attached hydrogens (tertiary/aromatic N) is 2. The Morgan fingerprint density at radius 1 is 1.15 bits per heavy atom. The smallest absolute Gasteiger partial charge is 0.274 e. The van der Waals surface area contributed by atoms with Crippen LogP contribution in [0.25, 0.3) is 22.1 Å². The van der Waals surface area contributed by atoms with E-state index in [1.165, 1.54) is 11.3 Å². The molecule has 0 spiro atoms. The van der Waals surface area contributed by atoms with Crippen LogP contribution >= 0.6 is 50.5 Å². The van der Waals surface area contributed by atoms with E-state index in [9.17, 15) is 4.79 Å². The van der Waals surface area contributed by atoms with E-state index in [1.54, 1.807) is 23.6 Å². The third-order valence-electron chi connectivity index (χ3n) is 5.08. The van der Waals surface area contributed by atoms with E-state index in [0.29, 0.717) is 35.5 Å². The highest BCUT2D eigenvalue weighted by Gasteiger charge is 2.14. The van der Waals surface area contributed by atoms with Gasteiger partial charge in [-0.25, -0.2) is 9.38 Å². The summed E-state index contributed by atoms with van der Waals surface area (Å²) in [4.78, 5) is 18.3. The normalized spacial score (nSPS) is 12.1. The maximum absolute atomic E-state index is 13.0. The third-order valence-corrected chi connectivity index (χ3v) is 7.23. The summed E-state index contributed by atoms with van der Waals surface area (Å²) in [5, 5.41) is 1.09. The van der Waals surface area contributed by atoms with Gasteiger partial charge in [-0.1, -0.05) is 52.7 Å². The van der Waals surface area contributed by atoms with Gasteiger partial charge >= 0.3 is 0 Å². The van der Waals surface area contributed by atoms with Crippen molar-refractivity contribution in [2.75, 3.05) is 7.11 Å². The van der Waals surface area contributed by atoms with Gasteiger partial charge in [-0.3, -0.25) is 4.79 Å². The summed E-state index contributed by atoms with van der Waals surface area (Å²) in [6.45, 7) is 0.244. The Kier molecular flexibility index (Phi) is 6.05. The van der Waals surface area contributed by atoms with Gasteiger partial charge in [-0.05, 0) is 64.0 Å². The van der Waals surface area contributed by atoms with Gasteiger partial charge < -0.3 is 9.47 Å². The second-order valence-corrected chi connectivity index (χ2v) is 9.90. The number of para-hydroxylation sites is 2. The lowest BCUT2D eigenvalue weighted by molar-refractivity contribution is 0.282. The van der Waals surface area contributed by atoms with Crippen molar-refractivity contribution in [3.8, 4) is 11.5 Å². The van der Waals surface area contributed by atoms with Gasteiger partial charge in [0.05, 0.1) is 27.1 Å². The molecule has 0 saturated carbocycles. The van der Waals surface area contributed by atoms with Crippen LogP contribution in [0.4, 0.5) is 0 Å². The monoisotopic (exact) mass is 560 g/mol. The van der Waals surface area contributed by atoms with Gasteiger partial charge in [-0.2, -0.15) is 0 Å². The first-order chi connectivity index (χ1) is 15.9. The number of halogens is 3. The number of hydrogen-bond acceptors (Lipinski definition) is 5. The molecule has 5 nitrogen and oxygen atoms in total. The van der Waals surface area contributed by atoms with Crippen LogP contribution in [0.15, 0.2) is 63.9 Å². The van der Waals surface area contributed by atoms with E-state index >= 15 is 0 Å². The molecule has 33 heavy (non-hydrogen) atoms. The highest BCUT2D eigenvalue weighted by atomic mass is 79.9. The predicted molar refractivity (Wildman–Crippen MR) is 137 cm³/mol.